The maximum absolute atomic E-state index is 12.5. The summed E-state index contributed by atoms with van der Waals surface area (Å²) < 4.78 is 6.43. The minimum atomic E-state index is -0.0646. The molecule has 0 amide bonds. The molecule has 2 aromatic heterocycles. The van der Waals surface area contributed by atoms with Crippen molar-refractivity contribution in [2.75, 3.05) is 25.6 Å². The van der Waals surface area contributed by atoms with Crippen LogP contribution >= 0.6 is 11.3 Å². The van der Waals surface area contributed by atoms with Gasteiger partial charge in [0.05, 0.1) is 18.7 Å². The van der Waals surface area contributed by atoms with Gasteiger partial charge in [-0.2, -0.15) is 5.26 Å². The highest BCUT2D eigenvalue weighted by atomic mass is 32.1. The van der Waals surface area contributed by atoms with Crippen LogP contribution in [0, 0.1) is 18.3 Å². The Bertz CT molecular complexity index is 1280. The number of benzene rings is 2. The van der Waals surface area contributed by atoms with Gasteiger partial charge in [0, 0.05) is 29.1 Å². The van der Waals surface area contributed by atoms with Gasteiger partial charge in [0.25, 0.3) is 5.56 Å². The SMILES string of the molecule is COc1cc(C)c2[nH]c(=O)c3sccc3c2c1-c1ccc(N(C)CC#N)cc1. The Balaban J connectivity index is 2.03. The molecule has 4 aromatic rings. The van der Waals surface area contributed by atoms with E-state index in [2.05, 4.69) is 11.1 Å². The summed E-state index contributed by atoms with van der Waals surface area (Å²) in [7, 11) is 3.55. The number of pyridine rings is 1. The van der Waals surface area contributed by atoms with E-state index in [-0.39, 0.29) is 5.56 Å². The summed E-state index contributed by atoms with van der Waals surface area (Å²) in [6.45, 7) is 2.30. The highest BCUT2D eigenvalue weighted by Crippen LogP contribution is 2.42. The Morgan fingerprint density at radius 3 is 2.68 bits per heavy atom. The number of hydrogen-bond acceptors (Lipinski definition) is 5. The first-order chi connectivity index (χ1) is 13.5. The third-order valence-corrected chi connectivity index (χ3v) is 5.91. The van der Waals surface area contributed by atoms with Crippen LogP contribution in [0.2, 0.25) is 0 Å². The van der Waals surface area contributed by atoms with Gasteiger partial charge < -0.3 is 14.6 Å². The molecular formula is C22H19N3O2S. The van der Waals surface area contributed by atoms with Gasteiger partial charge in [-0.3, -0.25) is 4.79 Å². The van der Waals surface area contributed by atoms with E-state index in [0.717, 1.165) is 44.4 Å². The van der Waals surface area contributed by atoms with E-state index in [1.165, 1.54) is 11.3 Å². The normalized spacial score (nSPS) is 10.9. The molecule has 0 bridgehead atoms. The van der Waals surface area contributed by atoms with Gasteiger partial charge >= 0.3 is 0 Å². The minimum Gasteiger partial charge on any atom is -0.496 e. The van der Waals surface area contributed by atoms with Crippen LogP contribution in [0.5, 0.6) is 5.75 Å². The zero-order valence-corrected chi connectivity index (χ0v) is 16.7. The first kappa shape index (κ1) is 18.1. The number of nitriles is 1. The van der Waals surface area contributed by atoms with Gasteiger partial charge in [-0.15, -0.1) is 11.3 Å². The van der Waals surface area contributed by atoms with Gasteiger partial charge in [0.1, 0.15) is 17.0 Å². The largest absolute Gasteiger partial charge is 0.496 e. The van der Waals surface area contributed by atoms with E-state index in [4.69, 9.17) is 10.00 Å². The molecule has 0 unspecified atom stereocenters. The second-order valence-corrected chi connectivity index (χ2v) is 7.62. The summed E-state index contributed by atoms with van der Waals surface area (Å²) in [6.07, 6.45) is 0. The number of nitrogens with zero attached hydrogens (tertiary/aromatic N) is 2. The quantitative estimate of drug-likeness (QED) is 0.514. The van der Waals surface area contributed by atoms with Crippen molar-refractivity contribution in [1.29, 1.82) is 5.26 Å². The molecule has 0 aliphatic heterocycles. The number of anilines is 1. The molecule has 0 radical (unpaired) electrons. The van der Waals surface area contributed by atoms with Crippen molar-refractivity contribution < 1.29 is 4.74 Å². The Morgan fingerprint density at radius 2 is 2.00 bits per heavy atom. The lowest BCUT2D eigenvalue weighted by Crippen LogP contribution is -2.16. The van der Waals surface area contributed by atoms with Crippen molar-refractivity contribution in [3.8, 4) is 22.9 Å². The zero-order chi connectivity index (χ0) is 19.8. The van der Waals surface area contributed by atoms with Crippen LogP contribution in [0.25, 0.3) is 32.1 Å². The summed E-state index contributed by atoms with van der Waals surface area (Å²) in [5.41, 5.74) is 4.65. The summed E-state index contributed by atoms with van der Waals surface area (Å²) in [6, 6.07) is 14.2. The van der Waals surface area contributed by atoms with Gasteiger partial charge in [-0.05, 0) is 47.7 Å². The monoisotopic (exact) mass is 389 g/mol. The molecule has 0 fully saturated rings. The number of aromatic amines is 1. The standard InChI is InChI=1S/C22H19N3O2S/c1-13-12-17(27-3)18(14-4-6-15(7-5-14)25(2)10-9-23)19-16-8-11-28-21(16)22(26)24-20(13)19/h4-8,11-12H,10H2,1-3H3,(H,24,26). The zero-order valence-electron chi connectivity index (χ0n) is 15.9. The van der Waals surface area contributed by atoms with E-state index >= 15 is 0 Å². The van der Waals surface area contributed by atoms with E-state index in [1.54, 1.807) is 7.11 Å². The fraction of sp³-hybridized carbons (Fsp3) is 0.182. The van der Waals surface area contributed by atoms with Gasteiger partial charge in [-0.1, -0.05) is 12.1 Å². The average molecular weight is 389 g/mol. The van der Waals surface area contributed by atoms with Gasteiger partial charge in [-0.25, -0.2) is 0 Å². The van der Waals surface area contributed by atoms with Crippen molar-refractivity contribution in [3.63, 3.8) is 0 Å². The van der Waals surface area contributed by atoms with E-state index in [1.807, 2.05) is 60.6 Å². The van der Waals surface area contributed by atoms with Crippen molar-refractivity contribution in [2.45, 2.75) is 6.92 Å². The fourth-order valence-electron chi connectivity index (χ4n) is 3.60. The number of methoxy groups -OCH3 is 1. The fourth-order valence-corrected chi connectivity index (χ4v) is 4.39. The lowest BCUT2D eigenvalue weighted by molar-refractivity contribution is 0.416. The molecule has 5 nitrogen and oxygen atoms in total. The second kappa shape index (κ2) is 7.02. The predicted molar refractivity (Wildman–Crippen MR) is 116 cm³/mol. The van der Waals surface area contributed by atoms with Gasteiger partial charge in [0.2, 0.25) is 0 Å². The highest BCUT2D eigenvalue weighted by molar-refractivity contribution is 7.17. The number of hydrogen-bond donors (Lipinski definition) is 1. The van der Waals surface area contributed by atoms with Crippen LogP contribution < -0.4 is 15.2 Å². The van der Waals surface area contributed by atoms with Crippen LogP contribution in [0.4, 0.5) is 5.69 Å². The maximum Gasteiger partial charge on any atom is 0.266 e. The third-order valence-electron chi connectivity index (χ3n) is 4.99. The number of aromatic nitrogens is 1. The molecule has 140 valence electrons. The molecule has 4 rings (SSSR count). The highest BCUT2D eigenvalue weighted by Gasteiger charge is 2.18. The number of aryl methyl sites for hydroxylation is 1. The molecule has 2 heterocycles. The van der Waals surface area contributed by atoms with E-state index in [9.17, 15) is 4.79 Å². The number of nitrogens with one attached hydrogen (secondary N) is 1. The van der Waals surface area contributed by atoms with Crippen LogP contribution in [-0.2, 0) is 0 Å². The minimum absolute atomic E-state index is 0.0646. The summed E-state index contributed by atoms with van der Waals surface area (Å²) >= 11 is 1.44. The molecule has 28 heavy (non-hydrogen) atoms. The van der Waals surface area contributed by atoms with Crippen LogP contribution in [-0.4, -0.2) is 25.7 Å². The van der Waals surface area contributed by atoms with E-state index < -0.39 is 0 Å². The molecule has 0 saturated heterocycles. The Labute approximate surface area is 166 Å². The molecule has 2 aromatic carbocycles. The molecule has 0 spiro atoms. The van der Waals surface area contributed by atoms with Crippen LogP contribution in [0.1, 0.15) is 5.56 Å². The molecule has 6 heteroatoms. The molecule has 1 N–H and O–H groups in total. The number of H-pyrrole nitrogens is 1. The first-order valence-corrected chi connectivity index (χ1v) is 9.72. The Morgan fingerprint density at radius 1 is 1.25 bits per heavy atom. The number of thiophene rings is 1. The molecule has 0 atom stereocenters. The first-order valence-electron chi connectivity index (χ1n) is 8.84. The van der Waals surface area contributed by atoms with Crippen molar-refractivity contribution >= 4 is 38.0 Å². The molecule has 0 aliphatic rings. The van der Waals surface area contributed by atoms with Gasteiger partial charge in [0.15, 0.2) is 0 Å². The lowest BCUT2D eigenvalue weighted by atomic mass is 9.95. The summed E-state index contributed by atoms with van der Waals surface area (Å²) in [5.74, 6) is 0.766. The molecule has 0 aliphatic carbocycles. The summed E-state index contributed by atoms with van der Waals surface area (Å²) in [5, 5.41) is 12.8. The van der Waals surface area contributed by atoms with Crippen molar-refractivity contribution in [1.82, 2.24) is 4.98 Å². The number of rotatable bonds is 4. The number of fused-ring (bicyclic) bond motifs is 3. The Hall–Kier alpha value is -3.30. The average Bonchev–Trinajstić information content (AvgIpc) is 3.19. The second-order valence-electron chi connectivity index (χ2n) is 6.70. The smallest absolute Gasteiger partial charge is 0.266 e. The topological polar surface area (TPSA) is 69.1 Å². The Kier molecular flexibility index (Phi) is 4.54. The maximum atomic E-state index is 12.5. The predicted octanol–water partition coefficient (Wildman–Crippen LogP) is 4.69. The van der Waals surface area contributed by atoms with Crippen LogP contribution in [0.15, 0.2) is 46.6 Å². The van der Waals surface area contributed by atoms with E-state index in [0.29, 0.717) is 11.2 Å². The van der Waals surface area contributed by atoms with Crippen LogP contribution in [0.3, 0.4) is 0 Å². The molecular weight excluding hydrogens is 370 g/mol. The van der Waals surface area contributed by atoms with Crippen molar-refractivity contribution in [3.05, 3.63) is 57.7 Å². The van der Waals surface area contributed by atoms with Crippen molar-refractivity contribution in [2.24, 2.45) is 0 Å². The number of ether oxygens (including phenoxy) is 1. The summed E-state index contributed by atoms with van der Waals surface area (Å²) in [4.78, 5) is 17.4. The lowest BCUT2D eigenvalue weighted by Gasteiger charge is -2.18. The molecule has 0 saturated carbocycles. The third kappa shape index (κ3) is 2.81.